The maximum Gasteiger partial charge on any atom is 0.264 e. The van der Waals surface area contributed by atoms with Crippen LogP contribution in [0.25, 0.3) is 0 Å². The molecule has 2 aromatic rings. The molecule has 1 heterocycles. The van der Waals surface area contributed by atoms with Crippen molar-refractivity contribution in [3.05, 3.63) is 28.8 Å². The van der Waals surface area contributed by atoms with Gasteiger partial charge in [0.15, 0.2) is 10.9 Å². The van der Waals surface area contributed by atoms with E-state index in [0.717, 1.165) is 9.90 Å². The third-order valence-electron chi connectivity index (χ3n) is 2.33. The lowest BCUT2D eigenvalue weighted by Crippen LogP contribution is -2.20. The van der Waals surface area contributed by atoms with E-state index >= 15 is 0 Å². The van der Waals surface area contributed by atoms with Crippen LogP contribution in [0.15, 0.2) is 22.5 Å². The van der Waals surface area contributed by atoms with Gasteiger partial charge in [0.25, 0.3) is 5.91 Å². The Hall–Kier alpha value is -1.31. The summed E-state index contributed by atoms with van der Waals surface area (Å²) < 4.78 is 6.19. The summed E-state index contributed by atoms with van der Waals surface area (Å²) in [6.07, 6.45) is 1.90. The molecule has 8 heteroatoms. The summed E-state index contributed by atoms with van der Waals surface area (Å²) in [5.41, 5.74) is 0.901. The van der Waals surface area contributed by atoms with Gasteiger partial charge in [0, 0.05) is 5.02 Å². The number of nitrogens with zero attached hydrogens (tertiary/aromatic N) is 2. The lowest BCUT2D eigenvalue weighted by molar-refractivity contribution is -0.118. The van der Waals surface area contributed by atoms with Crippen molar-refractivity contribution in [1.82, 2.24) is 10.2 Å². The van der Waals surface area contributed by atoms with Gasteiger partial charge in [-0.15, -0.1) is 10.2 Å². The summed E-state index contributed by atoms with van der Waals surface area (Å²) in [5.74, 6) is 0.325. The fourth-order valence-electron chi connectivity index (χ4n) is 1.35. The first-order valence-electron chi connectivity index (χ1n) is 5.65. The third kappa shape index (κ3) is 4.09. The first kappa shape index (κ1) is 15.1. The molecule has 1 aromatic heterocycles. The minimum atomic E-state index is -0.276. The Bertz CT molecular complexity index is 618. The van der Waals surface area contributed by atoms with Gasteiger partial charge in [-0.1, -0.05) is 34.7 Å². The lowest BCUT2D eigenvalue weighted by atomic mass is 10.2. The largest absolute Gasteiger partial charge is 0.484 e. The topological polar surface area (TPSA) is 64.1 Å². The fourth-order valence-corrected chi connectivity index (χ4v) is 2.66. The van der Waals surface area contributed by atoms with Crippen molar-refractivity contribution in [2.45, 2.75) is 11.3 Å². The SMILES string of the molecule is CSc1nnc(NC(=O)COc2ccc(Cl)c(C)c2)s1. The molecule has 1 aromatic carbocycles. The van der Waals surface area contributed by atoms with Crippen molar-refractivity contribution in [1.29, 1.82) is 0 Å². The van der Waals surface area contributed by atoms with Crippen LogP contribution in [0.4, 0.5) is 5.13 Å². The predicted molar refractivity (Wildman–Crippen MR) is 82.0 cm³/mol. The highest BCUT2D eigenvalue weighted by atomic mass is 35.5. The van der Waals surface area contributed by atoms with Crippen molar-refractivity contribution in [3.63, 3.8) is 0 Å². The van der Waals surface area contributed by atoms with Crippen LogP contribution < -0.4 is 10.1 Å². The monoisotopic (exact) mass is 329 g/mol. The quantitative estimate of drug-likeness (QED) is 0.674. The minimum absolute atomic E-state index is 0.0880. The van der Waals surface area contributed by atoms with Gasteiger partial charge in [-0.25, -0.2) is 0 Å². The number of hydrogen-bond donors (Lipinski definition) is 1. The standard InChI is InChI=1S/C12H12ClN3O2S2/c1-7-5-8(3-4-9(7)13)18-6-10(17)14-11-15-16-12(19-2)20-11/h3-5H,6H2,1-2H3,(H,14,15,17). The van der Waals surface area contributed by atoms with Crippen LogP contribution in [0.2, 0.25) is 5.02 Å². The molecule has 2 rings (SSSR count). The number of hydrogen-bond acceptors (Lipinski definition) is 6. The number of ether oxygens (including phenoxy) is 1. The molecule has 0 bridgehead atoms. The van der Waals surface area contributed by atoms with Gasteiger partial charge in [-0.3, -0.25) is 10.1 Å². The third-order valence-corrected chi connectivity index (χ3v) is 4.57. The predicted octanol–water partition coefficient (Wildman–Crippen LogP) is 3.24. The first-order chi connectivity index (χ1) is 9.58. The number of aromatic nitrogens is 2. The van der Waals surface area contributed by atoms with E-state index in [1.165, 1.54) is 23.1 Å². The van der Waals surface area contributed by atoms with E-state index in [1.54, 1.807) is 18.2 Å². The summed E-state index contributed by atoms with van der Waals surface area (Å²) >= 11 is 8.72. The maximum atomic E-state index is 11.7. The molecule has 0 radical (unpaired) electrons. The zero-order chi connectivity index (χ0) is 14.5. The Morgan fingerprint density at radius 3 is 2.95 bits per heavy atom. The number of rotatable bonds is 5. The molecule has 1 amide bonds. The zero-order valence-corrected chi connectivity index (χ0v) is 13.2. The minimum Gasteiger partial charge on any atom is -0.484 e. The van der Waals surface area contributed by atoms with Crippen molar-refractivity contribution < 1.29 is 9.53 Å². The van der Waals surface area contributed by atoms with Crippen molar-refractivity contribution >= 4 is 45.7 Å². The smallest absolute Gasteiger partial charge is 0.264 e. The van der Waals surface area contributed by atoms with Crippen LogP contribution in [0, 0.1) is 6.92 Å². The highest BCUT2D eigenvalue weighted by molar-refractivity contribution is 8.00. The average Bonchev–Trinajstić information content (AvgIpc) is 2.88. The molecule has 0 aliphatic carbocycles. The zero-order valence-electron chi connectivity index (χ0n) is 10.8. The number of aryl methyl sites for hydroxylation is 1. The molecule has 0 fully saturated rings. The second-order valence-electron chi connectivity index (χ2n) is 3.83. The van der Waals surface area contributed by atoms with Crippen LogP contribution in [0.3, 0.4) is 0 Å². The number of nitrogens with one attached hydrogen (secondary N) is 1. The number of carbonyl (C=O) groups excluding carboxylic acids is 1. The van der Waals surface area contributed by atoms with E-state index in [2.05, 4.69) is 15.5 Å². The molecular formula is C12H12ClN3O2S2. The lowest BCUT2D eigenvalue weighted by Gasteiger charge is -2.07. The van der Waals surface area contributed by atoms with E-state index in [0.29, 0.717) is 15.9 Å². The second kappa shape index (κ2) is 6.92. The molecule has 106 valence electrons. The van der Waals surface area contributed by atoms with E-state index in [4.69, 9.17) is 16.3 Å². The van der Waals surface area contributed by atoms with Crippen molar-refractivity contribution in [2.75, 3.05) is 18.2 Å². The molecule has 0 unspecified atom stereocenters. The number of halogens is 1. The number of carbonyl (C=O) groups is 1. The van der Waals surface area contributed by atoms with Crippen molar-refractivity contribution in [3.8, 4) is 5.75 Å². The fraction of sp³-hybridized carbons (Fsp3) is 0.250. The molecule has 1 N–H and O–H groups in total. The molecule has 0 spiro atoms. The highest BCUT2D eigenvalue weighted by Gasteiger charge is 2.08. The molecule has 5 nitrogen and oxygen atoms in total. The summed E-state index contributed by atoms with van der Waals surface area (Å²) in [5, 5.41) is 11.5. The van der Waals surface area contributed by atoms with E-state index < -0.39 is 0 Å². The molecule has 0 aliphatic heterocycles. The van der Waals surface area contributed by atoms with Gasteiger partial charge in [-0.2, -0.15) is 0 Å². The molecule has 0 aliphatic rings. The highest BCUT2D eigenvalue weighted by Crippen LogP contribution is 2.23. The van der Waals surface area contributed by atoms with Crippen LogP contribution in [-0.4, -0.2) is 29.0 Å². The summed E-state index contributed by atoms with van der Waals surface area (Å²) in [4.78, 5) is 11.7. The Labute approximate surface area is 129 Å². The number of benzene rings is 1. The second-order valence-corrected chi connectivity index (χ2v) is 6.26. The molecule has 20 heavy (non-hydrogen) atoms. The van der Waals surface area contributed by atoms with E-state index in [9.17, 15) is 4.79 Å². The van der Waals surface area contributed by atoms with E-state index in [1.807, 2.05) is 13.2 Å². The van der Waals surface area contributed by atoms with Crippen LogP contribution >= 0.6 is 34.7 Å². The number of anilines is 1. The first-order valence-corrected chi connectivity index (χ1v) is 8.06. The van der Waals surface area contributed by atoms with Gasteiger partial charge < -0.3 is 4.74 Å². The Balaban J connectivity index is 1.87. The number of amides is 1. The van der Waals surface area contributed by atoms with Crippen LogP contribution in [0.1, 0.15) is 5.56 Å². The van der Waals surface area contributed by atoms with Crippen molar-refractivity contribution in [2.24, 2.45) is 0 Å². The summed E-state index contributed by atoms with van der Waals surface area (Å²) in [7, 11) is 0. The normalized spacial score (nSPS) is 10.3. The van der Waals surface area contributed by atoms with Crippen LogP contribution in [0.5, 0.6) is 5.75 Å². The Morgan fingerprint density at radius 2 is 2.30 bits per heavy atom. The summed E-state index contributed by atoms with van der Waals surface area (Å²) in [6.45, 7) is 1.79. The van der Waals surface area contributed by atoms with Gasteiger partial charge in [0.2, 0.25) is 5.13 Å². The maximum absolute atomic E-state index is 11.7. The Kier molecular flexibility index (Phi) is 5.22. The number of thioether (sulfide) groups is 1. The molecular weight excluding hydrogens is 318 g/mol. The van der Waals surface area contributed by atoms with E-state index in [-0.39, 0.29) is 12.5 Å². The molecule has 0 atom stereocenters. The van der Waals surface area contributed by atoms with Gasteiger partial charge in [-0.05, 0) is 36.9 Å². The van der Waals surface area contributed by atoms with Gasteiger partial charge >= 0.3 is 0 Å². The van der Waals surface area contributed by atoms with Gasteiger partial charge in [0.05, 0.1) is 0 Å². The summed E-state index contributed by atoms with van der Waals surface area (Å²) in [6, 6.07) is 5.24. The van der Waals surface area contributed by atoms with Gasteiger partial charge in [0.1, 0.15) is 5.75 Å². The van der Waals surface area contributed by atoms with Crippen LogP contribution in [-0.2, 0) is 4.79 Å². The molecule has 0 saturated heterocycles. The Morgan fingerprint density at radius 1 is 1.50 bits per heavy atom. The molecule has 0 saturated carbocycles. The average molecular weight is 330 g/mol.